The van der Waals surface area contributed by atoms with Gasteiger partial charge < -0.3 is 15.2 Å². The number of aromatic nitrogens is 3. The average molecular weight is 274 g/mol. The Morgan fingerprint density at radius 3 is 2.35 bits per heavy atom. The highest BCUT2D eigenvalue weighted by Crippen LogP contribution is 2.29. The van der Waals surface area contributed by atoms with Crippen LogP contribution in [-0.2, 0) is 0 Å². The van der Waals surface area contributed by atoms with E-state index in [-0.39, 0.29) is 18.0 Å². The van der Waals surface area contributed by atoms with Gasteiger partial charge >= 0.3 is 12.0 Å². The second kappa shape index (κ2) is 5.73. The van der Waals surface area contributed by atoms with Crippen LogP contribution < -0.4 is 15.2 Å². The van der Waals surface area contributed by atoms with E-state index in [4.69, 9.17) is 15.2 Å². The van der Waals surface area contributed by atoms with Crippen molar-refractivity contribution >= 4 is 5.95 Å². The lowest BCUT2D eigenvalue weighted by molar-refractivity contribution is 0.303. The molecule has 20 heavy (non-hydrogen) atoms. The molecule has 0 aliphatic carbocycles. The predicted octanol–water partition coefficient (Wildman–Crippen LogP) is 2.57. The maximum atomic E-state index is 5.77. The third-order valence-corrected chi connectivity index (χ3v) is 2.95. The molecular formula is C14H18N4O2. The molecule has 0 atom stereocenters. The lowest BCUT2D eigenvalue weighted by Crippen LogP contribution is -2.05. The number of hydrogen-bond donors (Lipinski definition) is 1. The van der Waals surface area contributed by atoms with Gasteiger partial charge in [-0.1, -0.05) is 12.1 Å². The number of nitrogens with two attached hydrogens (primary N) is 1. The van der Waals surface area contributed by atoms with Crippen LogP contribution in [0.15, 0.2) is 12.1 Å². The van der Waals surface area contributed by atoms with Crippen LogP contribution in [0.3, 0.4) is 0 Å². The molecule has 0 unspecified atom stereocenters. The molecule has 0 fully saturated rings. The van der Waals surface area contributed by atoms with Crippen LogP contribution in [0.1, 0.15) is 23.6 Å². The summed E-state index contributed by atoms with van der Waals surface area (Å²) in [5.41, 5.74) is 8.81. The van der Waals surface area contributed by atoms with Gasteiger partial charge in [0.2, 0.25) is 5.95 Å². The van der Waals surface area contributed by atoms with Crippen molar-refractivity contribution in [3.05, 3.63) is 28.8 Å². The predicted molar refractivity (Wildman–Crippen MR) is 76.1 cm³/mol. The van der Waals surface area contributed by atoms with E-state index in [1.807, 2.05) is 39.8 Å². The molecule has 0 saturated heterocycles. The van der Waals surface area contributed by atoms with Gasteiger partial charge in [-0.25, -0.2) is 0 Å². The number of rotatable bonds is 4. The molecule has 6 heteroatoms. The molecule has 0 aliphatic heterocycles. The summed E-state index contributed by atoms with van der Waals surface area (Å²) < 4.78 is 11.0. The number of nitrogens with zero attached hydrogens (tertiary/aromatic N) is 3. The smallest absolute Gasteiger partial charge is 0.330 e. The first-order chi connectivity index (χ1) is 9.51. The summed E-state index contributed by atoms with van der Waals surface area (Å²) in [7, 11) is 0. The summed E-state index contributed by atoms with van der Waals surface area (Å²) in [5, 5.41) is 0. The number of aryl methyl sites for hydroxylation is 2. The zero-order chi connectivity index (χ0) is 14.7. The van der Waals surface area contributed by atoms with Crippen molar-refractivity contribution in [2.45, 2.75) is 27.7 Å². The quantitative estimate of drug-likeness (QED) is 0.922. The normalized spacial score (nSPS) is 10.4. The average Bonchev–Trinajstić information content (AvgIpc) is 2.39. The summed E-state index contributed by atoms with van der Waals surface area (Å²) in [6, 6.07) is 4.34. The summed E-state index contributed by atoms with van der Waals surface area (Å²) in [5.74, 6) is 0.805. The SMILES string of the molecule is CCOc1nc(N)nc(Oc2c(C)ccc(C)c2C)n1. The van der Waals surface area contributed by atoms with E-state index in [2.05, 4.69) is 15.0 Å². The highest BCUT2D eigenvalue weighted by molar-refractivity contribution is 5.45. The molecule has 2 rings (SSSR count). The molecule has 0 bridgehead atoms. The van der Waals surface area contributed by atoms with Crippen LogP contribution in [0.4, 0.5) is 5.95 Å². The zero-order valence-corrected chi connectivity index (χ0v) is 12.1. The third-order valence-electron chi connectivity index (χ3n) is 2.95. The second-order valence-electron chi connectivity index (χ2n) is 4.45. The van der Waals surface area contributed by atoms with Crippen molar-refractivity contribution in [2.24, 2.45) is 0 Å². The van der Waals surface area contributed by atoms with Gasteiger partial charge in [0, 0.05) is 0 Å². The minimum absolute atomic E-state index is 0.0707. The highest BCUT2D eigenvalue weighted by Gasteiger charge is 2.12. The van der Waals surface area contributed by atoms with E-state index in [0.29, 0.717) is 6.61 Å². The number of anilines is 1. The lowest BCUT2D eigenvalue weighted by atomic mass is 10.1. The minimum atomic E-state index is 0.0707. The number of nitrogen functional groups attached to an aromatic ring is 1. The molecule has 2 aromatic rings. The van der Waals surface area contributed by atoms with Gasteiger partial charge in [0.05, 0.1) is 6.61 Å². The van der Waals surface area contributed by atoms with Crippen molar-refractivity contribution in [1.82, 2.24) is 15.0 Å². The van der Waals surface area contributed by atoms with Gasteiger partial charge in [0.25, 0.3) is 0 Å². The maximum Gasteiger partial charge on any atom is 0.330 e. The first-order valence-corrected chi connectivity index (χ1v) is 6.40. The van der Waals surface area contributed by atoms with Crippen LogP contribution in [0.2, 0.25) is 0 Å². The molecule has 2 N–H and O–H groups in total. The van der Waals surface area contributed by atoms with E-state index in [1.165, 1.54) is 0 Å². The Bertz CT molecular complexity index is 629. The van der Waals surface area contributed by atoms with E-state index >= 15 is 0 Å². The van der Waals surface area contributed by atoms with Gasteiger partial charge in [0.1, 0.15) is 5.75 Å². The first-order valence-electron chi connectivity index (χ1n) is 6.40. The highest BCUT2D eigenvalue weighted by atomic mass is 16.5. The number of benzene rings is 1. The Morgan fingerprint density at radius 2 is 1.65 bits per heavy atom. The standard InChI is InChI=1S/C14H18N4O2/c1-5-19-13-16-12(15)17-14(18-13)20-11-9(3)7-6-8(2)10(11)4/h6-7H,5H2,1-4H3,(H2,15,16,17,18). The first kappa shape index (κ1) is 14.0. The Kier molecular flexibility index (Phi) is 4.02. The Morgan fingerprint density at radius 1 is 1.00 bits per heavy atom. The summed E-state index contributed by atoms with van der Waals surface area (Å²) in [6.45, 7) is 8.28. The van der Waals surface area contributed by atoms with Gasteiger partial charge in [-0.2, -0.15) is 9.97 Å². The molecule has 1 aromatic carbocycles. The molecule has 0 spiro atoms. The number of hydrogen-bond acceptors (Lipinski definition) is 6. The molecule has 106 valence electrons. The molecule has 0 saturated carbocycles. The fourth-order valence-electron chi connectivity index (χ4n) is 1.77. The molecular weight excluding hydrogens is 256 g/mol. The molecule has 1 aromatic heterocycles. The van der Waals surface area contributed by atoms with Crippen molar-refractivity contribution in [3.8, 4) is 17.8 Å². The largest absolute Gasteiger partial charge is 0.464 e. The molecule has 0 amide bonds. The van der Waals surface area contributed by atoms with Crippen LogP contribution in [0, 0.1) is 20.8 Å². The fraction of sp³-hybridized carbons (Fsp3) is 0.357. The van der Waals surface area contributed by atoms with Crippen LogP contribution in [0.25, 0.3) is 0 Å². The maximum absolute atomic E-state index is 5.77. The minimum Gasteiger partial charge on any atom is -0.464 e. The lowest BCUT2D eigenvalue weighted by Gasteiger charge is -2.12. The summed E-state index contributed by atoms with van der Waals surface area (Å²) in [6.07, 6.45) is 0. The number of ether oxygens (including phenoxy) is 2. The van der Waals surface area contributed by atoms with Crippen molar-refractivity contribution < 1.29 is 9.47 Å². The van der Waals surface area contributed by atoms with E-state index < -0.39 is 0 Å². The van der Waals surface area contributed by atoms with Crippen molar-refractivity contribution in [1.29, 1.82) is 0 Å². The van der Waals surface area contributed by atoms with E-state index in [0.717, 1.165) is 22.4 Å². The molecule has 1 heterocycles. The van der Waals surface area contributed by atoms with Gasteiger partial charge in [-0.15, -0.1) is 4.98 Å². The topological polar surface area (TPSA) is 83.2 Å². The summed E-state index contributed by atoms with van der Waals surface area (Å²) in [4.78, 5) is 11.9. The second-order valence-corrected chi connectivity index (χ2v) is 4.45. The van der Waals surface area contributed by atoms with Crippen molar-refractivity contribution in [2.75, 3.05) is 12.3 Å². The van der Waals surface area contributed by atoms with E-state index in [1.54, 1.807) is 0 Å². The Balaban J connectivity index is 2.37. The third kappa shape index (κ3) is 2.96. The Hall–Kier alpha value is -2.37. The van der Waals surface area contributed by atoms with Crippen molar-refractivity contribution in [3.63, 3.8) is 0 Å². The zero-order valence-electron chi connectivity index (χ0n) is 12.1. The van der Waals surface area contributed by atoms with Crippen LogP contribution >= 0.6 is 0 Å². The molecule has 0 radical (unpaired) electrons. The monoisotopic (exact) mass is 274 g/mol. The van der Waals surface area contributed by atoms with Crippen LogP contribution in [-0.4, -0.2) is 21.6 Å². The van der Waals surface area contributed by atoms with Gasteiger partial charge in [-0.3, -0.25) is 0 Å². The van der Waals surface area contributed by atoms with E-state index in [9.17, 15) is 0 Å². The van der Waals surface area contributed by atoms with Gasteiger partial charge in [-0.05, 0) is 44.4 Å². The molecule has 6 nitrogen and oxygen atoms in total. The Labute approximate surface area is 118 Å². The summed E-state index contributed by atoms with van der Waals surface area (Å²) >= 11 is 0. The fourth-order valence-corrected chi connectivity index (χ4v) is 1.77. The van der Waals surface area contributed by atoms with Crippen LogP contribution in [0.5, 0.6) is 17.8 Å². The van der Waals surface area contributed by atoms with Gasteiger partial charge in [0.15, 0.2) is 0 Å². The molecule has 0 aliphatic rings.